The molecule has 2 aromatic heterocycles. The molecule has 0 fully saturated rings. The fraction of sp³-hybridized carbons (Fsp3) is 0.0625. The van der Waals surface area contributed by atoms with Crippen molar-refractivity contribution in [3.8, 4) is 11.3 Å². The van der Waals surface area contributed by atoms with Gasteiger partial charge in [0.15, 0.2) is 5.13 Å². The number of non-ortho nitro benzene ring substituents is 1. The Balaban J connectivity index is 1.69. The molecule has 0 atom stereocenters. The van der Waals surface area contributed by atoms with Gasteiger partial charge in [-0.2, -0.15) is 0 Å². The standard InChI is InChI=1S/C16H12N4O3S2/c1-10-17-12(8-24-10)5-6-15(21)19-16-18-14(9-25-16)11-3-2-4-13(7-11)20(22)23/h2-9H,1H3,(H,18,19,21)/b6-5+. The smallest absolute Gasteiger partial charge is 0.270 e. The minimum absolute atomic E-state index is 0.00225. The summed E-state index contributed by atoms with van der Waals surface area (Å²) in [5, 5.41) is 18.5. The Morgan fingerprint density at radius 3 is 2.84 bits per heavy atom. The van der Waals surface area contributed by atoms with Crippen molar-refractivity contribution in [3.05, 3.63) is 61.9 Å². The van der Waals surface area contributed by atoms with Crippen molar-refractivity contribution in [1.29, 1.82) is 0 Å². The predicted molar refractivity (Wildman–Crippen MR) is 98.7 cm³/mol. The fourth-order valence-electron chi connectivity index (χ4n) is 2.01. The highest BCUT2D eigenvalue weighted by Gasteiger charge is 2.10. The molecule has 3 aromatic rings. The van der Waals surface area contributed by atoms with E-state index >= 15 is 0 Å². The van der Waals surface area contributed by atoms with E-state index in [-0.39, 0.29) is 11.6 Å². The number of carbonyl (C=O) groups is 1. The molecule has 0 spiro atoms. The number of benzene rings is 1. The van der Waals surface area contributed by atoms with Crippen LogP contribution >= 0.6 is 22.7 Å². The maximum Gasteiger partial charge on any atom is 0.270 e. The highest BCUT2D eigenvalue weighted by Crippen LogP contribution is 2.27. The number of amides is 1. The number of aryl methyl sites for hydroxylation is 1. The zero-order valence-electron chi connectivity index (χ0n) is 13.0. The number of rotatable bonds is 5. The van der Waals surface area contributed by atoms with Gasteiger partial charge in [0.1, 0.15) is 0 Å². The highest BCUT2D eigenvalue weighted by atomic mass is 32.1. The van der Waals surface area contributed by atoms with Crippen LogP contribution in [0.25, 0.3) is 17.3 Å². The number of thiazole rings is 2. The Bertz CT molecular complexity index is 962. The normalized spacial score (nSPS) is 10.9. The first-order valence-electron chi connectivity index (χ1n) is 7.13. The van der Waals surface area contributed by atoms with Crippen molar-refractivity contribution in [2.24, 2.45) is 0 Å². The van der Waals surface area contributed by atoms with Crippen LogP contribution in [-0.2, 0) is 4.79 Å². The molecule has 7 nitrogen and oxygen atoms in total. The second-order valence-electron chi connectivity index (χ2n) is 4.96. The number of aromatic nitrogens is 2. The van der Waals surface area contributed by atoms with Crippen LogP contribution in [0, 0.1) is 17.0 Å². The Hall–Kier alpha value is -2.91. The van der Waals surface area contributed by atoms with Gasteiger partial charge >= 0.3 is 0 Å². The summed E-state index contributed by atoms with van der Waals surface area (Å²) >= 11 is 2.76. The van der Waals surface area contributed by atoms with Gasteiger partial charge in [0.25, 0.3) is 5.69 Å². The summed E-state index contributed by atoms with van der Waals surface area (Å²) in [4.78, 5) is 30.9. The van der Waals surface area contributed by atoms with E-state index in [0.717, 1.165) is 10.7 Å². The molecule has 0 aliphatic carbocycles. The Kier molecular flexibility index (Phi) is 4.96. The zero-order valence-corrected chi connectivity index (χ0v) is 14.6. The lowest BCUT2D eigenvalue weighted by molar-refractivity contribution is -0.384. The van der Waals surface area contributed by atoms with Gasteiger partial charge in [-0.1, -0.05) is 12.1 Å². The lowest BCUT2D eigenvalue weighted by Crippen LogP contribution is -2.07. The van der Waals surface area contributed by atoms with Gasteiger partial charge in [-0.15, -0.1) is 22.7 Å². The molecule has 0 radical (unpaired) electrons. The van der Waals surface area contributed by atoms with Crippen LogP contribution in [0.5, 0.6) is 0 Å². The molecule has 1 amide bonds. The third-order valence-corrected chi connectivity index (χ3v) is 4.68. The molecule has 3 rings (SSSR count). The van der Waals surface area contributed by atoms with Crippen molar-refractivity contribution >= 4 is 45.5 Å². The van der Waals surface area contributed by atoms with Crippen molar-refractivity contribution in [1.82, 2.24) is 9.97 Å². The van der Waals surface area contributed by atoms with E-state index in [2.05, 4.69) is 15.3 Å². The van der Waals surface area contributed by atoms with Crippen LogP contribution in [0.3, 0.4) is 0 Å². The van der Waals surface area contributed by atoms with Crippen LogP contribution in [0.4, 0.5) is 10.8 Å². The van der Waals surface area contributed by atoms with E-state index in [1.54, 1.807) is 23.6 Å². The molecule has 0 saturated heterocycles. The van der Waals surface area contributed by atoms with E-state index < -0.39 is 4.92 Å². The van der Waals surface area contributed by atoms with E-state index in [1.165, 1.54) is 40.9 Å². The molecule has 9 heteroatoms. The van der Waals surface area contributed by atoms with Crippen molar-refractivity contribution in [3.63, 3.8) is 0 Å². The summed E-state index contributed by atoms with van der Waals surface area (Å²) in [6, 6.07) is 6.20. The molecule has 0 aliphatic heterocycles. The summed E-state index contributed by atoms with van der Waals surface area (Å²) in [6.45, 7) is 1.90. The van der Waals surface area contributed by atoms with Crippen molar-refractivity contribution in [2.75, 3.05) is 5.32 Å². The summed E-state index contributed by atoms with van der Waals surface area (Å²) in [5.41, 5.74) is 1.93. The number of hydrogen-bond donors (Lipinski definition) is 1. The van der Waals surface area contributed by atoms with Gasteiger partial charge in [-0.3, -0.25) is 20.2 Å². The lowest BCUT2D eigenvalue weighted by atomic mass is 10.1. The molecule has 2 heterocycles. The molecule has 1 N–H and O–H groups in total. The van der Waals surface area contributed by atoms with Crippen LogP contribution in [0.2, 0.25) is 0 Å². The predicted octanol–water partition coefficient (Wildman–Crippen LogP) is 4.14. The summed E-state index contributed by atoms with van der Waals surface area (Å²) in [6.07, 6.45) is 3.02. The maximum atomic E-state index is 11.9. The largest absolute Gasteiger partial charge is 0.298 e. The molecule has 25 heavy (non-hydrogen) atoms. The number of nitrogens with zero attached hydrogens (tertiary/aromatic N) is 3. The first-order chi connectivity index (χ1) is 12.0. The quantitative estimate of drug-likeness (QED) is 0.412. The maximum absolute atomic E-state index is 11.9. The van der Waals surface area contributed by atoms with E-state index in [9.17, 15) is 14.9 Å². The van der Waals surface area contributed by atoms with Gasteiger partial charge in [0, 0.05) is 34.5 Å². The number of nitro benzene ring substituents is 1. The summed E-state index contributed by atoms with van der Waals surface area (Å²) in [5.74, 6) is -0.314. The SMILES string of the molecule is Cc1nc(/C=C/C(=O)Nc2nc(-c3cccc([N+](=O)[O-])c3)cs2)cs1. The second kappa shape index (κ2) is 7.32. The topological polar surface area (TPSA) is 98.0 Å². The number of anilines is 1. The van der Waals surface area contributed by atoms with Crippen LogP contribution in [0.15, 0.2) is 41.1 Å². The monoisotopic (exact) mass is 372 g/mol. The van der Waals surface area contributed by atoms with Gasteiger partial charge in [0.2, 0.25) is 5.91 Å². The highest BCUT2D eigenvalue weighted by molar-refractivity contribution is 7.14. The average molecular weight is 372 g/mol. The van der Waals surface area contributed by atoms with Gasteiger partial charge in [-0.05, 0) is 13.0 Å². The van der Waals surface area contributed by atoms with Gasteiger partial charge < -0.3 is 0 Å². The Morgan fingerprint density at radius 1 is 1.28 bits per heavy atom. The first-order valence-corrected chi connectivity index (χ1v) is 8.89. The van der Waals surface area contributed by atoms with E-state index in [0.29, 0.717) is 16.4 Å². The zero-order chi connectivity index (χ0) is 17.8. The second-order valence-corrected chi connectivity index (χ2v) is 6.88. The van der Waals surface area contributed by atoms with Crippen molar-refractivity contribution in [2.45, 2.75) is 6.92 Å². The third kappa shape index (κ3) is 4.34. The summed E-state index contributed by atoms with van der Waals surface area (Å²) in [7, 11) is 0. The van der Waals surface area contributed by atoms with Crippen molar-refractivity contribution < 1.29 is 9.72 Å². The molecule has 126 valence electrons. The number of nitrogens with one attached hydrogen (secondary N) is 1. The number of carbonyl (C=O) groups excluding carboxylic acids is 1. The van der Waals surface area contributed by atoms with E-state index in [1.807, 2.05) is 12.3 Å². The minimum Gasteiger partial charge on any atom is -0.298 e. The van der Waals surface area contributed by atoms with Crippen LogP contribution in [-0.4, -0.2) is 20.8 Å². The first kappa shape index (κ1) is 16.9. The molecule has 0 unspecified atom stereocenters. The fourth-order valence-corrected chi connectivity index (χ4v) is 3.31. The van der Waals surface area contributed by atoms with Gasteiger partial charge in [-0.25, -0.2) is 9.97 Å². The summed E-state index contributed by atoms with van der Waals surface area (Å²) < 4.78 is 0. The molecular formula is C16H12N4O3S2. The average Bonchev–Trinajstić information content (AvgIpc) is 3.22. The number of nitro groups is 1. The van der Waals surface area contributed by atoms with Gasteiger partial charge in [0.05, 0.1) is 21.3 Å². The molecule has 0 saturated carbocycles. The third-order valence-electron chi connectivity index (χ3n) is 3.13. The Morgan fingerprint density at radius 2 is 2.12 bits per heavy atom. The molecule has 1 aromatic carbocycles. The minimum atomic E-state index is -0.455. The van der Waals surface area contributed by atoms with Crippen LogP contribution in [0.1, 0.15) is 10.7 Å². The van der Waals surface area contributed by atoms with Crippen LogP contribution < -0.4 is 5.32 Å². The molecule has 0 aliphatic rings. The number of hydrogen-bond acceptors (Lipinski definition) is 7. The Labute approximate surface area is 150 Å². The molecule has 0 bridgehead atoms. The lowest BCUT2D eigenvalue weighted by Gasteiger charge is -1.97. The van der Waals surface area contributed by atoms with E-state index in [4.69, 9.17) is 0 Å². The molecular weight excluding hydrogens is 360 g/mol.